The van der Waals surface area contributed by atoms with Gasteiger partial charge in [-0.25, -0.2) is 9.97 Å². The number of aromatic nitrogens is 4. The molecule has 3 rings (SSSR count). The minimum Gasteiger partial charge on any atom is -0.268 e. The Hall–Kier alpha value is -2.20. The van der Waals surface area contributed by atoms with Crippen LogP contribution in [0.15, 0.2) is 55.1 Å². The van der Waals surface area contributed by atoms with Crippen molar-refractivity contribution in [3.8, 4) is 11.4 Å². The molecule has 0 spiro atoms. The first-order chi connectivity index (χ1) is 9.31. The fourth-order valence-corrected chi connectivity index (χ4v) is 1.93. The van der Waals surface area contributed by atoms with Gasteiger partial charge in [0, 0.05) is 17.4 Å². The Morgan fingerprint density at radius 2 is 1.84 bits per heavy atom. The van der Waals surface area contributed by atoms with Crippen molar-refractivity contribution in [2.45, 2.75) is 6.54 Å². The topological polar surface area (TPSA) is 43.6 Å². The van der Waals surface area contributed by atoms with Crippen LogP contribution in [-0.2, 0) is 6.54 Å². The molecule has 19 heavy (non-hydrogen) atoms. The molecule has 0 aliphatic heterocycles. The highest BCUT2D eigenvalue weighted by atomic mass is 35.5. The third kappa shape index (κ3) is 2.80. The molecular formula is C14H11ClN4. The van der Waals surface area contributed by atoms with Crippen LogP contribution in [-0.4, -0.2) is 19.7 Å². The SMILES string of the molecule is Clc1ccc(Cn2ccc(-c3ccncn3)n2)cc1. The average Bonchev–Trinajstić information content (AvgIpc) is 2.91. The van der Waals surface area contributed by atoms with Gasteiger partial charge in [0.2, 0.25) is 0 Å². The van der Waals surface area contributed by atoms with E-state index >= 15 is 0 Å². The highest BCUT2D eigenvalue weighted by Crippen LogP contribution is 2.14. The molecule has 3 aromatic rings. The van der Waals surface area contributed by atoms with Gasteiger partial charge < -0.3 is 0 Å². The van der Waals surface area contributed by atoms with Gasteiger partial charge in [0.15, 0.2) is 0 Å². The molecule has 0 aliphatic rings. The van der Waals surface area contributed by atoms with Crippen molar-refractivity contribution in [3.63, 3.8) is 0 Å². The fourth-order valence-electron chi connectivity index (χ4n) is 1.81. The van der Waals surface area contributed by atoms with E-state index in [1.807, 2.05) is 47.3 Å². The van der Waals surface area contributed by atoms with E-state index < -0.39 is 0 Å². The standard InChI is InChI=1S/C14H11ClN4/c15-12-3-1-11(2-4-12)9-19-8-6-14(18-19)13-5-7-16-10-17-13/h1-8,10H,9H2. The third-order valence-electron chi connectivity index (χ3n) is 2.74. The smallest absolute Gasteiger partial charge is 0.116 e. The lowest BCUT2D eigenvalue weighted by Crippen LogP contribution is -2.00. The van der Waals surface area contributed by atoms with Crippen LogP contribution in [0.25, 0.3) is 11.4 Å². The van der Waals surface area contributed by atoms with Gasteiger partial charge in [-0.3, -0.25) is 4.68 Å². The summed E-state index contributed by atoms with van der Waals surface area (Å²) in [5.74, 6) is 0. The van der Waals surface area contributed by atoms with E-state index in [9.17, 15) is 0 Å². The van der Waals surface area contributed by atoms with Crippen molar-refractivity contribution in [1.29, 1.82) is 0 Å². The molecular weight excluding hydrogens is 260 g/mol. The summed E-state index contributed by atoms with van der Waals surface area (Å²) in [5.41, 5.74) is 2.82. The number of halogens is 1. The molecule has 2 heterocycles. The molecule has 0 N–H and O–H groups in total. The highest BCUT2D eigenvalue weighted by molar-refractivity contribution is 6.30. The number of benzene rings is 1. The molecule has 4 nitrogen and oxygen atoms in total. The van der Waals surface area contributed by atoms with E-state index in [1.165, 1.54) is 6.33 Å². The van der Waals surface area contributed by atoms with Crippen molar-refractivity contribution < 1.29 is 0 Å². The van der Waals surface area contributed by atoms with Gasteiger partial charge in [0.05, 0.1) is 12.2 Å². The van der Waals surface area contributed by atoms with Crippen LogP contribution < -0.4 is 0 Å². The summed E-state index contributed by atoms with van der Waals surface area (Å²) in [6, 6.07) is 11.5. The summed E-state index contributed by atoms with van der Waals surface area (Å²) in [5, 5.41) is 5.23. The maximum atomic E-state index is 5.86. The molecule has 0 bridgehead atoms. The predicted molar refractivity (Wildman–Crippen MR) is 73.8 cm³/mol. The van der Waals surface area contributed by atoms with E-state index in [0.29, 0.717) is 6.54 Å². The van der Waals surface area contributed by atoms with E-state index in [-0.39, 0.29) is 0 Å². The average molecular weight is 271 g/mol. The lowest BCUT2D eigenvalue weighted by Gasteiger charge is -2.02. The highest BCUT2D eigenvalue weighted by Gasteiger charge is 2.03. The van der Waals surface area contributed by atoms with Gasteiger partial charge in [-0.15, -0.1) is 0 Å². The van der Waals surface area contributed by atoms with Gasteiger partial charge in [-0.05, 0) is 29.8 Å². The Morgan fingerprint density at radius 1 is 1.00 bits per heavy atom. The van der Waals surface area contributed by atoms with Crippen LogP contribution in [0.2, 0.25) is 5.02 Å². The largest absolute Gasteiger partial charge is 0.268 e. The molecule has 0 saturated carbocycles. The van der Waals surface area contributed by atoms with Crippen molar-refractivity contribution in [2.24, 2.45) is 0 Å². The van der Waals surface area contributed by atoms with Crippen molar-refractivity contribution in [1.82, 2.24) is 19.7 Å². The molecule has 2 aromatic heterocycles. The van der Waals surface area contributed by atoms with Crippen LogP contribution in [0.1, 0.15) is 5.56 Å². The number of rotatable bonds is 3. The van der Waals surface area contributed by atoms with Gasteiger partial charge in [-0.1, -0.05) is 23.7 Å². The summed E-state index contributed by atoms with van der Waals surface area (Å²) in [7, 11) is 0. The molecule has 5 heteroatoms. The van der Waals surface area contributed by atoms with Crippen molar-refractivity contribution >= 4 is 11.6 Å². The summed E-state index contributed by atoms with van der Waals surface area (Å²) < 4.78 is 1.88. The van der Waals surface area contributed by atoms with E-state index in [0.717, 1.165) is 22.0 Å². The number of nitrogens with zero attached hydrogens (tertiary/aromatic N) is 4. The summed E-state index contributed by atoms with van der Waals surface area (Å²) >= 11 is 5.86. The molecule has 1 aromatic carbocycles. The summed E-state index contributed by atoms with van der Waals surface area (Å²) in [4.78, 5) is 8.07. The molecule has 94 valence electrons. The first kappa shape index (κ1) is 11.9. The van der Waals surface area contributed by atoms with Crippen LogP contribution in [0.4, 0.5) is 0 Å². The van der Waals surface area contributed by atoms with Gasteiger partial charge in [0.25, 0.3) is 0 Å². The minimum absolute atomic E-state index is 0.711. The molecule has 0 aliphatic carbocycles. The Kier molecular flexibility index (Phi) is 3.25. The molecule has 0 saturated heterocycles. The zero-order valence-electron chi connectivity index (χ0n) is 10.1. The molecule has 0 radical (unpaired) electrons. The second-order valence-electron chi connectivity index (χ2n) is 4.12. The lowest BCUT2D eigenvalue weighted by atomic mass is 10.2. The van der Waals surface area contributed by atoms with Crippen molar-refractivity contribution in [3.05, 3.63) is 65.7 Å². The molecule has 0 fully saturated rings. The Morgan fingerprint density at radius 3 is 2.58 bits per heavy atom. The minimum atomic E-state index is 0.711. The Labute approximate surface area is 115 Å². The Balaban J connectivity index is 1.80. The number of hydrogen-bond acceptors (Lipinski definition) is 3. The van der Waals surface area contributed by atoms with E-state index in [1.54, 1.807) is 6.20 Å². The Bertz CT molecular complexity index is 661. The van der Waals surface area contributed by atoms with E-state index in [4.69, 9.17) is 11.6 Å². The van der Waals surface area contributed by atoms with Crippen LogP contribution in [0.5, 0.6) is 0 Å². The first-order valence-corrected chi connectivity index (χ1v) is 6.23. The quantitative estimate of drug-likeness (QED) is 0.735. The molecule has 0 atom stereocenters. The van der Waals surface area contributed by atoms with Gasteiger partial charge >= 0.3 is 0 Å². The van der Waals surface area contributed by atoms with Gasteiger partial charge in [0.1, 0.15) is 12.0 Å². The second-order valence-corrected chi connectivity index (χ2v) is 4.56. The van der Waals surface area contributed by atoms with Crippen LogP contribution in [0, 0.1) is 0 Å². The number of hydrogen-bond donors (Lipinski definition) is 0. The van der Waals surface area contributed by atoms with Crippen molar-refractivity contribution in [2.75, 3.05) is 0 Å². The van der Waals surface area contributed by atoms with Crippen LogP contribution in [0.3, 0.4) is 0 Å². The zero-order valence-corrected chi connectivity index (χ0v) is 10.8. The van der Waals surface area contributed by atoms with E-state index in [2.05, 4.69) is 15.1 Å². The normalized spacial score (nSPS) is 10.6. The maximum absolute atomic E-state index is 5.86. The first-order valence-electron chi connectivity index (χ1n) is 5.85. The third-order valence-corrected chi connectivity index (χ3v) is 2.99. The summed E-state index contributed by atoms with van der Waals surface area (Å²) in [6.07, 6.45) is 5.17. The second kappa shape index (κ2) is 5.20. The fraction of sp³-hybridized carbons (Fsp3) is 0.0714. The molecule has 0 amide bonds. The lowest BCUT2D eigenvalue weighted by molar-refractivity contribution is 0.689. The maximum Gasteiger partial charge on any atom is 0.116 e. The zero-order chi connectivity index (χ0) is 13.1. The van der Waals surface area contributed by atoms with Crippen LogP contribution >= 0.6 is 11.6 Å². The molecule has 0 unspecified atom stereocenters. The predicted octanol–water partition coefficient (Wildman–Crippen LogP) is 3.04. The van der Waals surface area contributed by atoms with Gasteiger partial charge in [-0.2, -0.15) is 5.10 Å². The summed E-state index contributed by atoms with van der Waals surface area (Å²) in [6.45, 7) is 0.711. The monoisotopic (exact) mass is 270 g/mol.